The largest absolute Gasteiger partial charge is 0 e. The van der Waals surface area contributed by atoms with Crippen LogP contribution in [0.25, 0.3) is 0 Å². The first-order valence-electron chi connectivity index (χ1n) is 0.362. The summed E-state index contributed by atoms with van der Waals surface area (Å²) in [5.74, 6) is 0. The van der Waals surface area contributed by atoms with E-state index in [0.29, 0.717) is 0 Å². The van der Waals surface area contributed by atoms with Crippen molar-refractivity contribution in [3.63, 3.8) is 0 Å². The van der Waals surface area contributed by atoms with E-state index in [1.807, 2.05) is 0 Å². The predicted octanol–water partition coefficient (Wildman–Crippen LogP) is -0.402. The Morgan fingerprint density at radius 3 is 1.75 bits per heavy atom. The number of carbonyl (C=O) groups excluding carboxylic acids is 1. The van der Waals surface area contributed by atoms with Crippen LogP contribution in [0.5, 0.6) is 0 Å². The maximum atomic E-state index is 8.51. The summed E-state index contributed by atoms with van der Waals surface area (Å²) < 4.78 is 0. The van der Waals surface area contributed by atoms with E-state index in [4.69, 9.17) is 4.79 Å². The van der Waals surface area contributed by atoms with E-state index in [0.717, 1.165) is 4.86 Å². The van der Waals surface area contributed by atoms with Crippen molar-refractivity contribution >= 4 is 4.86 Å². The topological polar surface area (TPSA) is 17.1 Å². The standard InChI is InChI=1S/CO.Ni.Ru/c1-2;;. The summed E-state index contributed by atoms with van der Waals surface area (Å²) in [6.45, 7) is 0. The Morgan fingerprint density at radius 1 is 1.75 bits per heavy atom. The van der Waals surface area contributed by atoms with Gasteiger partial charge in [-0.2, -0.15) is 0 Å². The van der Waals surface area contributed by atoms with Gasteiger partial charge in [-0.15, -0.1) is 0 Å². The summed E-state index contributed by atoms with van der Waals surface area (Å²) in [5, 5.41) is 0. The minimum atomic E-state index is 0. The molecule has 0 aromatic carbocycles. The molecule has 3 heteroatoms. The normalized spacial score (nSPS) is 2.50. The Morgan fingerprint density at radius 2 is 1.75 bits per heavy atom. The summed E-state index contributed by atoms with van der Waals surface area (Å²) in [5.41, 5.74) is 0. The van der Waals surface area contributed by atoms with Crippen molar-refractivity contribution in [3.05, 3.63) is 0 Å². The van der Waals surface area contributed by atoms with Gasteiger partial charge in [-0.05, 0) is 0 Å². The summed E-state index contributed by atoms with van der Waals surface area (Å²) in [6.07, 6.45) is 0. The van der Waals surface area contributed by atoms with Crippen LogP contribution in [0.2, 0.25) is 0 Å². The van der Waals surface area contributed by atoms with Gasteiger partial charge in [-0.25, -0.2) is 0 Å². The van der Waals surface area contributed by atoms with Crippen LogP contribution in [-0.4, -0.2) is 4.86 Å². The van der Waals surface area contributed by atoms with Gasteiger partial charge in [0.2, 0.25) is 0 Å². The SMILES string of the molecule is O=[C]=[Ni].[Ru]. The molecule has 0 amide bonds. The van der Waals surface area contributed by atoms with Crippen LogP contribution in [-0.2, 0) is 39.3 Å². The van der Waals surface area contributed by atoms with Gasteiger partial charge in [-0.1, -0.05) is 0 Å². The molecule has 0 bridgehead atoms. The molecule has 0 aliphatic rings. The molecule has 0 saturated carbocycles. The molecule has 0 heterocycles. The van der Waals surface area contributed by atoms with Crippen LogP contribution in [0.15, 0.2) is 0 Å². The van der Waals surface area contributed by atoms with Crippen LogP contribution in [0, 0.1) is 0 Å². The van der Waals surface area contributed by atoms with Gasteiger partial charge in [-0.3, -0.25) is 0 Å². The van der Waals surface area contributed by atoms with Crippen molar-refractivity contribution < 1.29 is 39.3 Å². The van der Waals surface area contributed by atoms with Crippen LogP contribution >= 0.6 is 0 Å². The summed E-state index contributed by atoms with van der Waals surface area (Å²) in [4.78, 5) is 9.64. The molecule has 0 saturated heterocycles. The summed E-state index contributed by atoms with van der Waals surface area (Å²) in [7, 11) is 0. The molecule has 4 heavy (non-hydrogen) atoms. The van der Waals surface area contributed by atoms with Gasteiger partial charge >= 0.3 is 24.7 Å². The zero-order valence-electron chi connectivity index (χ0n) is 1.58. The van der Waals surface area contributed by atoms with Crippen molar-refractivity contribution in [1.29, 1.82) is 0 Å². The van der Waals surface area contributed by atoms with E-state index < -0.39 is 0 Å². The monoisotopic (exact) mass is 188 g/mol. The number of hydrogen-bond donors (Lipinski definition) is 0. The Hall–Kier alpha value is 0.697. The molecular formula is CNiORu. The number of hydrogen-bond acceptors (Lipinski definition) is 1. The second-order valence-electron chi connectivity index (χ2n) is 0.0645. The van der Waals surface area contributed by atoms with E-state index in [-0.39, 0.29) is 19.5 Å². The first-order chi connectivity index (χ1) is 1.41. The molecule has 0 N–H and O–H groups in total. The maximum Gasteiger partial charge on any atom is 0 e. The fourth-order valence-electron chi connectivity index (χ4n) is 0. The zero-order valence-corrected chi connectivity index (χ0v) is 4.30. The fourth-order valence-corrected chi connectivity index (χ4v) is 0. The first kappa shape index (κ1) is 8.83. The van der Waals surface area contributed by atoms with Gasteiger partial charge in [0.15, 0.2) is 0 Å². The molecule has 1 nitrogen and oxygen atoms in total. The average molecular weight is 188 g/mol. The van der Waals surface area contributed by atoms with E-state index >= 15 is 0 Å². The Labute approximate surface area is 44.4 Å². The van der Waals surface area contributed by atoms with Gasteiger partial charge in [0, 0.05) is 19.5 Å². The second kappa shape index (κ2) is 9.34. The average Bonchev–Trinajstić information content (AvgIpc) is 0.918. The third-order valence-corrected chi connectivity index (χ3v) is 0. The molecule has 0 unspecified atom stereocenters. The summed E-state index contributed by atoms with van der Waals surface area (Å²) >= 11 is 3.36. The van der Waals surface area contributed by atoms with Crippen molar-refractivity contribution in [2.45, 2.75) is 0 Å². The van der Waals surface area contributed by atoms with Crippen LogP contribution in [0.4, 0.5) is 0 Å². The smallest absolute Gasteiger partial charge is 0 e. The predicted molar refractivity (Wildman–Crippen MR) is 5.69 cm³/mol. The molecule has 0 fully saturated rings. The van der Waals surface area contributed by atoms with Crippen LogP contribution in [0.1, 0.15) is 0 Å². The molecule has 0 atom stereocenters. The van der Waals surface area contributed by atoms with E-state index in [1.54, 1.807) is 0 Å². The van der Waals surface area contributed by atoms with Gasteiger partial charge in [0.05, 0.1) is 0 Å². The first-order valence-corrected chi connectivity index (χ1v) is 0.856. The second-order valence-corrected chi connectivity index (χ2v) is 0.266. The minimum absolute atomic E-state index is 0. The third kappa shape index (κ3) is 16.0. The van der Waals surface area contributed by atoms with Gasteiger partial charge in [0.1, 0.15) is 0 Å². The van der Waals surface area contributed by atoms with Crippen molar-refractivity contribution in [2.75, 3.05) is 0 Å². The molecule has 0 radical (unpaired) electrons. The Kier molecular flexibility index (Phi) is 20.6. The molecule has 0 aromatic rings. The van der Waals surface area contributed by atoms with Crippen molar-refractivity contribution in [3.8, 4) is 0 Å². The van der Waals surface area contributed by atoms with E-state index in [2.05, 4.69) is 15.0 Å². The molecule has 0 spiro atoms. The molecule has 0 aliphatic heterocycles. The maximum absolute atomic E-state index is 8.51. The number of rotatable bonds is 0. The molecule has 28 valence electrons. The van der Waals surface area contributed by atoms with Gasteiger partial charge < -0.3 is 0 Å². The third-order valence-electron chi connectivity index (χ3n) is 0. The fraction of sp³-hybridized carbons (Fsp3) is 0. The minimum Gasteiger partial charge on any atom is 0 e. The quantitative estimate of drug-likeness (QED) is 0.472. The van der Waals surface area contributed by atoms with Crippen molar-refractivity contribution in [1.82, 2.24) is 0 Å². The van der Waals surface area contributed by atoms with Gasteiger partial charge in [0.25, 0.3) is 0 Å². The van der Waals surface area contributed by atoms with Crippen LogP contribution < -0.4 is 0 Å². The molecule has 0 rings (SSSR count). The Bertz CT molecular complexity index is 29.0. The summed E-state index contributed by atoms with van der Waals surface area (Å²) in [6, 6.07) is 0. The molecular weight excluding hydrogens is 188 g/mol. The Balaban J connectivity index is 0. The van der Waals surface area contributed by atoms with Crippen LogP contribution in [0.3, 0.4) is 0 Å². The molecule has 0 aliphatic carbocycles. The zero-order chi connectivity index (χ0) is 2.71. The van der Waals surface area contributed by atoms with Crippen molar-refractivity contribution in [2.24, 2.45) is 0 Å². The van der Waals surface area contributed by atoms with E-state index in [1.165, 1.54) is 0 Å². The molecule has 0 aromatic heterocycles. The van der Waals surface area contributed by atoms with E-state index in [9.17, 15) is 0 Å².